The van der Waals surface area contributed by atoms with Crippen molar-refractivity contribution in [2.24, 2.45) is 0 Å². The first kappa shape index (κ1) is 13.4. The molecule has 0 fully saturated rings. The molecular formula is C10H14O5. The molecule has 0 spiro atoms. The molecule has 15 heavy (non-hydrogen) atoms. The molecule has 84 valence electrons. The summed E-state index contributed by atoms with van der Waals surface area (Å²) in [5.41, 5.74) is 0.189. The average molecular weight is 214 g/mol. The Hall–Kier alpha value is -1.65. The van der Waals surface area contributed by atoms with E-state index in [9.17, 15) is 14.4 Å². The predicted molar refractivity (Wildman–Crippen MR) is 52.0 cm³/mol. The van der Waals surface area contributed by atoms with Gasteiger partial charge in [0.15, 0.2) is 12.4 Å². The number of hydrogen-bond donors (Lipinski definition) is 0. The zero-order chi connectivity index (χ0) is 11.8. The lowest BCUT2D eigenvalue weighted by molar-refractivity contribution is -0.144. The molecule has 0 bridgehead atoms. The minimum atomic E-state index is -0.548. The maximum atomic E-state index is 11.1. The molecule has 0 rings (SSSR count). The van der Waals surface area contributed by atoms with Crippen molar-refractivity contribution in [1.82, 2.24) is 0 Å². The molecule has 0 atom stereocenters. The van der Waals surface area contributed by atoms with Gasteiger partial charge in [0.25, 0.3) is 0 Å². The van der Waals surface area contributed by atoms with E-state index in [4.69, 9.17) is 0 Å². The first-order valence-corrected chi connectivity index (χ1v) is 4.49. The second kappa shape index (κ2) is 6.75. The summed E-state index contributed by atoms with van der Waals surface area (Å²) in [5.74, 6) is -1.53. The van der Waals surface area contributed by atoms with Crippen LogP contribution < -0.4 is 0 Å². The Labute approximate surface area is 88.0 Å². The summed E-state index contributed by atoms with van der Waals surface area (Å²) in [6.07, 6.45) is 1.10. The van der Waals surface area contributed by atoms with Crippen molar-refractivity contribution in [3.8, 4) is 0 Å². The predicted octanol–water partition coefficient (Wildman–Crippen LogP) is 0.628. The van der Waals surface area contributed by atoms with Crippen LogP contribution in [-0.4, -0.2) is 30.9 Å². The lowest BCUT2D eigenvalue weighted by Crippen LogP contribution is -2.12. The van der Waals surface area contributed by atoms with Crippen molar-refractivity contribution < 1.29 is 23.9 Å². The second-order valence-corrected chi connectivity index (χ2v) is 2.79. The molecule has 5 nitrogen and oxygen atoms in total. The Balaban J connectivity index is 4.16. The van der Waals surface area contributed by atoms with E-state index >= 15 is 0 Å². The van der Waals surface area contributed by atoms with Crippen molar-refractivity contribution in [2.75, 3.05) is 13.2 Å². The average Bonchev–Trinajstić information content (AvgIpc) is 2.15. The van der Waals surface area contributed by atoms with Gasteiger partial charge in [0.1, 0.15) is 0 Å². The van der Waals surface area contributed by atoms with Crippen LogP contribution in [0.25, 0.3) is 0 Å². The standard InChI is InChI=1S/C10H14O5/c1-4-14-10(13)7(2)5-9(12)6-15-8(3)11/h5H,4,6H2,1-3H3/b7-5+. The van der Waals surface area contributed by atoms with Crippen LogP contribution in [0.15, 0.2) is 11.6 Å². The summed E-state index contributed by atoms with van der Waals surface area (Å²) in [4.78, 5) is 32.6. The fourth-order valence-electron chi connectivity index (χ4n) is 0.760. The number of esters is 2. The van der Waals surface area contributed by atoms with Crippen LogP contribution in [0.2, 0.25) is 0 Å². The lowest BCUT2D eigenvalue weighted by atomic mass is 10.2. The maximum Gasteiger partial charge on any atom is 0.333 e. The normalized spacial score (nSPS) is 10.7. The minimum Gasteiger partial charge on any atom is -0.463 e. The Morgan fingerprint density at radius 1 is 1.13 bits per heavy atom. The molecule has 0 aromatic carbocycles. The van der Waals surface area contributed by atoms with E-state index in [1.807, 2.05) is 0 Å². The zero-order valence-electron chi connectivity index (χ0n) is 9.03. The monoisotopic (exact) mass is 214 g/mol. The fraction of sp³-hybridized carbons (Fsp3) is 0.500. The molecule has 0 amide bonds. The molecule has 5 heteroatoms. The largest absolute Gasteiger partial charge is 0.463 e. The van der Waals surface area contributed by atoms with Gasteiger partial charge in [0.2, 0.25) is 0 Å². The van der Waals surface area contributed by atoms with Crippen molar-refractivity contribution in [1.29, 1.82) is 0 Å². The SMILES string of the molecule is CCOC(=O)/C(C)=C/C(=O)COC(C)=O. The smallest absolute Gasteiger partial charge is 0.333 e. The van der Waals surface area contributed by atoms with Gasteiger partial charge in [-0.05, 0) is 19.9 Å². The highest BCUT2D eigenvalue weighted by Gasteiger charge is 2.08. The zero-order valence-corrected chi connectivity index (χ0v) is 9.03. The molecule has 0 saturated carbocycles. The topological polar surface area (TPSA) is 69.7 Å². The summed E-state index contributed by atoms with van der Waals surface area (Å²) in [7, 11) is 0. The first-order chi connectivity index (χ1) is 6.97. The van der Waals surface area contributed by atoms with E-state index in [0.29, 0.717) is 0 Å². The third kappa shape index (κ3) is 6.42. The Bertz CT molecular complexity index is 290. The number of ketones is 1. The summed E-state index contributed by atoms with van der Waals surface area (Å²) < 4.78 is 9.12. The van der Waals surface area contributed by atoms with Gasteiger partial charge in [0, 0.05) is 12.5 Å². The molecule has 0 aliphatic rings. The van der Waals surface area contributed by atoms with Crippen molar-refractivity contribution in [3.05, 3.63) is 11.6 Å². The third-order valence-electron chi connectivity index (χ3n) is 1.39. The summed E-state index contributed by atoms with van der Waals surface area (Å²) in [6.45, 7) is 4.24. The molecule has 0 heterocycles. The quantitative estimate of drug-likeness (QED) is 0.496. The van der Waals surface area contributed by atoms with Crippen LogP contribution in [0.5, 0.6) is 0 Å². The van der Waals surface area contributed by atoms with Crippen LogP contribution in [0.3, 0.4) is 0 Å². The molecule has 0 unspecified atom stereocenters. The van der Waals surface area contributed by atoms with Crippen molar-refractivity contribution in [2.45, 2.75) is 20.8 Å². The van der Waals surface area contributed by atoms with Crippen LogP contribution in [-0.2, 0) is 23.9 Å². The highest BCUT2D eigenvalue weighted by Crippen LogP contribution is 1.97. The lowest BCUT2D eigenvalue weighted by Gasteiger charge is -2.01. The number of carbonyl (C=O) groups is 3. The molecule has 0 N–H and O–H groups in total. The van der Waals surface area contributed by atoms with Crippen molar-refractivity contribution in [3.63, 3.8) is 0 Å². The molecule has 0 radical (unpaired) electrons. The van der Waals surface area contributed by atoms with Gasteiger partial charge in [-0.2, -0.15) is 0 Å². The Morgan fingerprint density at radius 2 is 1.73 bits per heavy atom. The molecule has 0 saturated heterocycles. The van der Waals surface area contributed by atoms with Crippen LogP contribution in [0, 0.1) is 0 Å². The van der Waals surface area contributed by atoms with Crippen LogP contribution in [0.4, 0.5) is 0 Å². The molecule has 0 aromatic rings. The summed E-state index contributed by atoms with van der Waals surface area (Å²) in [6, 6.07) is 0. The Kier molecular flexibility index (Phi) is 6.01. The van der Waals surface area contributed by atoms with E-state index in [1.54, 1.807) is 6.92 Å². The van der Waals surface area contributed by atoms with Crippen LogP contribution in [0.1, 0.15) is 20.8 Å². The summed E-state index contributed by atoms with van der Waals surface area (Å²) in [5, 5.41) is 0. The van der Waals surface area contributed by atoms with E-state index in [0.717, 1.165) is 6.08 Å². The van der Waals surface area contributed by atoms with E-state index in [1.165, 1.54) is 13.8 Å². The van der Waals surface area contributed by atoms with Gasteiger partial charge in [0.05, 0.1) is 6.61 Å². The van der Waals surface area contributed by atoms with E-state index in [2.05, 4.69) is 9.47 Å². The minimum absolute atomic E-state index is 0.189. The van der Waals surface area contributed by atoms with E-state index < -0.39 is 17.7 Å². The molecule has 0 aliphatic heterocycles. The van der Waals surface area contributed by atoms with Gasteiger partial charge in [-0.1, -0.05) is 0 Å². The highest BCUT2D eigenvalue weighted by atomic mass is 16.5. The Morgan fingerprint density at radius 3 is 2.20 bits per heavy atom. The van der Waals surface area contributed by atoms with Gasteiger partial charge in [-0.3, -0.25) is 9.59 Å². The van der Waals surface area contributed by atoms with Crippen molar-refractivity contribution >= 4 is 17.7 Å². The third-order valence-corrected chi connectivity index (χ3v) is 1.39. The first-order valence-electron chi connectivity index (χ1n) is 4.49. The molecule has 0 aromatic heterocycles. The number of ether oxygens (including phenoxy) is 2. The molecule has 0 aliphatic carbocycles. The highest BCUT2D eigenvalue weighted by molar-refractivity contribution is 6.00. The second-order valence-electron chi connectivity index (χ2n) is 2.79. The van der Waals surface area contributed by atoms with Gasteiger partial charge < -0.3 is 9.47 Å². The maximum absolute atomic E-state index is 11.1. The van der Waals surface area contributed by atoms with Gasteiger partial charge >= 0.3 is 11.9 Å². The molecular weight excluding hydrogens is 200 g/mol. The number of rotatable bonds is 5. The number of carbonyl (C=O) groups excluding carboxylic acids is 3. The van der Waals surface area contributed by atoms with E-state index in [-0.39, 0.29) is 18.8 Å². The number of hydrogen-bond acceptors (Lipinski definition) is 5. The van der Waals surface area contributed by atoms with Crippen LogP contribution >= 0.6 is 0 Å². The summed E-state index contributed by atoms with van der Waals surface area (Å²) >= 11 is 0. The fourth-order valence-corrected chi connectivity index (χ4v) is 0.760. The van der Waals surface area contributed by atoms with Gasteiger partial charge in [-0.15, -0.1) is 0 Å². The van der Waals surface area contributed by atoms with Gasteiger partial charge in [-0.25, -0.2) is 4.79 Å².